The van der Waals surface area contributed by atoms with Crippen molar-refractivity contribution in [3.05, 3.63) is 82.5 Å². The minimum atomic E-state index is -0.502. The second-order valence-corrected chi connectivity index (χ2v) is 11.3. The zero-order valence-corrected chi connectivity index (χ0v) is 24.5. The summed E-state index contributed by atoms with van der Waals surface area (Å²) in [7, 11) is 1.60. The highest BCUT2D eigenvalue weighted by molar-refractivity contribution is 5.97. The van der Waals surface area contributed by atoms with Crippen LogP contribution in [0.25, 0.3) is 11.0 Å². The Bertz CT molecular complexity index is 1830. The molecule has 2 fully saturated rings. The number of pyridine rings is 3. The Labute approximate surface area is 257 Å². The van der Waals surface area contributed by atoms with Gasteiger partial charge in [0.25, 0.3) is 11.5 Å². The number of hydrogen-bond donors (Lipinski definition) is 1. The molecule has 0 bridgehead atoms. The number of nitrogens with one attached hydrogen (secondary N) is 1. The topological polar surface area (TPSA) is 128 Å². The van der Waals surface area contributed by atoms with E-state index in [0.29, 0.717) is 54.3 Å². The highest BCUT2D eigenvalue weighted by Gasteiger charge is 2.47. The van der Waals surface area contributed by atoms with E-state index in [1.807, 2.05) is 24.3 Å². The first-order valence-corrected chi connectivity index (χ1v) is 14.8. The van der Waals surface area contributed by atoms with E-state index in [2.05, 4.69) is 10.3 Å². The normalized spacial score (nSPS) is 20.9. The maximum Gasteiger partial charge on any atom is 0.416 e. The number of anilines is 2. The third-order valence-corrected chi connectivity index (χ3v) is 8.59. The summed E-state index contributed by atoms with van der Waals surface area (Å²) >= 11 is 0. The summed E-state index contributed by atoms with van der Waals surface area (Å²) in [6.07, 6.45) is 2.31. The minimum Gasteiger partial charge on any atom is -0.497 e. The number of fused-ring (bicyclic) bond motifs is 3. The van der Waals surface area contributed by atoms with Crippen molar-refractivity contribution in [1.82, 2.24) is 19.9 Å². The van der Waals surface area contributed by atoms with E-state index in [0.717, 1.165) is 23.9 Å². The van der Waals surface area contributed by atoms with Crippen LogP contribution in [0.15, 0.2) is 65.6 Å². The van der Waals surface area contributed by atoms with E-state index >= 15 is 0 Å². The molecule has 13 heteroatoms. The van der Waals surface area contributed by atoms with Gasteiger partial charge in [0.1, 0.15) is 23.5 Å². The van der Waals surface area contributed by atoms with Crippen molar-refractivity contribution in [1.29, 1.82) is 0 Å². The maximum absolute atomic E-state index is 13.8. The number of benzene rings is 1. The highest BCUT2D eigenvalue weighted by atomic mass is 19.1. The fourth-order valence-corrected chi connectivity index (χ4v) is 6.34. The lowest BCUT2D eigenvalue weighted by Gasteiger charge is -2.34. The molecule has 3 aliphatic rings. The fraction of sp³-hybridized carbons (Fsp3) is 0.344. The van der Waals surface area contributed by atoms with Crippen molar-refractivity contribution >= 4 is 34.7 Å². The molecular formula is C32H31FN6O6. The lowest BCUT2D eigenvalue weighted by molar-refractivity contribution is -0.121. The average molecular weight is 615 g/mol. The molecule has 3 atom stereocenters. The molecule has 4 aromatic rings. The number of carbonyl (C=O) groups excluding carboxylic acids is 2. The number of halogens is 1. The van der Waals surface area contributed by atoms with Gasteiger partial charge in [0.05, 0.1) is 36.9 Å². The van der Waals surface area contributed by atoms with Crippen LogP contribution in [-0.4, -0.2) is 65.0 Å². The van der Waals surface area contributed by atoms with Gasteiger partial charge in [0.15, 0.2) is 18.2 Å². The van der Waals surface area contributed by atoms with E-state index in [1.54, 1.807) is 35.1 Å². The molecule has 1 aromatic carbocycles. The van der Waals surface area contributed by atoms with Crippen LogP contribution in [0.3, 0.4) is 0 Å². The fourth-order valence-electron chi connectivity index (χ4n) is 6.34. The van der Waals surface area contributed by atoms with E-state index in [-0.39, 0.29) is 42.8 Å². The number of methoxy groups -OCH3 is 1. The quantitative estimate of drug-likeness (QED) is 0.318. The predicted octanol–water partition coefficient (Wildman–Crippen LogP) is 3.40. The van der Waals surface area contributed by atoms with E-state index in [1.165, 1.54) is 16.7 Å². The monoisotopic (exact) mass is 614 g/mol. The van der Waals surface area contributed by atoms with E-state index in [9.17, 15) is 18.8 Å². The van der Waals surface area contributed by atoms with Crippen molar-refractivity contribution in [3.8, 4) is 11.5 Å². The number of carbonyl (C=O) groups is 2. The number of nitrogens with zero attached hydrogens (tertiary/aromatic N) is 5. The molecule has 1 saturated carbocycles. The summed E-state index contributed by atoms with van der Waals surface area (Å²) in [6.45, 7) is 0.998. The summed E-state index contributed by atoms with van der Waals surface area (Å²) in [4.78, 5) is 50.5. The molecule has 1 aliphatic carbocycles. The third kappa shape index (κ3) is 5.55. The van der Waals surface area contributed by atoms with Crippen LogP contribution in [0.1, 0.15) is 24.8 Å². The van der Waals surface area contributed by atoms with Gasteiger partial charge < -0.3 is 24.1 Å². The van der Waals surface area contributed by atoms with Gasteiger partial charge in [-0.2, -0.15) is 0 Å². The van der Waals surface area contributed by atoms with E-state index in [4.69, 9.17) is 19.2 Å². The minimum absolute atomic E-state index is 0.0574. The van der Waals surface area contributed by atoms with Crippen molar-refractivity contribution in [2.24, 2.45) is 0 Å². The van der Waals surface area contributed by atoms with Crippen LogP contribution in [0.4, 0.5) is 20.8 Å². The van der Waals surface area contributed by atoms with Gasteiger partial charge in [0, 0.05) is 37.7 Å². The summed E-state index contributed by atoms with van der Waals surface area (Å²) in [6, 6.07) is 15.1. The molecule has 0 unspecified atom stereocenters. The average Bonchev–Trinajstić information content (AvgIpc) is 3.38. The number of amides is 2. The Morgan fingerprint density at radius 1 is 1.07 bits per heavy atom. The highest BCUT2D eigenvalue weighted by Crippen LogP contribution is 2.39. The predicted molar refractivity (Wildman–Crippen MR) is 162 cm³/mol. The second-order valence-electron chi connectivity index (χ2n) is 11.3. The van der Waals surface area contributed by atoms with Crippen LogP contribution in [0.2, 0.25) is 0 Å². The summed E-state index contributed by atoms with van der Waals surface area (Å²) in [5.41, 5.74) is 1.66. The first-order chi connectivity index (χ1) is 21.9. The Morgan fingerprint density at radius 3 is 2.73 bits per heavy atom. The summed E-state index contributed by atoms with van der Waals surface area (Å²) in [5, 5.41) is 3.47. The molecule has 12 nitrogen and oxygen atoms in total. The van der Waals surface area contributed by atoms with Gasteiger partial charge in [-0.25, -0.2) is 14.2 Å². The molecule has 2 amide bonds. The Morgan fingerprint density at radius 2 is 1.91 bits per heavy atom. The molecule has 5 heterocycles. The molecule has 0 radical (unpaired) electrons. The largest absolute Gasteiger partial charge is 0.497 e. The molecule has 1 saturated heterocycles. The molecule has 232 valence electrons. The number of ether oxygens (including phenoxy) is 3. The molecule has 0 spiro atoms. The zero-order valence-electron chi connectivity index (χ0n) is 24.5. The van der Waals surface area contributed by atoms with Crippen molar-refractivity contribution in [3.63, 3.8) is 0 Å². The van der Waals surface area contributed by atoms with Gasteiger partial charge >= 0.3 is 6.09 Å². The van der Waals surface area contributed by atoms with Crippen molar-refractivity contribution in [2.45, 2.75) is 50.5 Å². The third-order valence-electron chi connectivity index (χ3n) is 8.59. The Hall–Kier alpha value is -5.04. The Kier molecular flexibility index (Phi) is 7.53. The zero-order chi connectivity index (χ0) is 31.1. The van der Waals surface area contributed by atoms with E-state index < -0.39 is 11.9 Å². The molecule has 2 aliphatic heterocycles. The van der Waals surface area contributed by atoms with Gasteiger partial charge in [-0.3, -0.25) is 24.4 Å². The van der Waals surface area contributed by atoms with Gasteiger partial charge in [-0.05, 0) is 48.7 Å². The molecule has 1 N–H and O–H groups in total. The summed E-state index contributed by atoms with van der Waals surface area (Å²) < 4.78 is 32.0. The van der Waals surface area contributed by atoms with Crippen LogP contribution < -0.4 is 30.1 Å². The standard InChI is InChI=1S/C32H31FN6O6/c1-43-22-5-2-19(3-6-22)17-38-30(41)18-44-26-9-10-28(36-31(26)38)39-24-8-4-21(15-27(24)45-32(39)42)34-12-13-37-25-14-20(33)16-35-23(25)7-11-29(37)40/h2-3,5-7,9-11,14,16,21,24,27,34H,4,8,12-13,15,17-18H2,1H3/t21-,24-,27+/m0/s1. The lowest BCUT2D eigenvalue weighted by atomic mass is 9.88. The Balaban J connectivity index is 1.03. The molecule has 45 heavy (non-hydrogen) atoms. The number of aromatic nitrogens is 3. The molecule has 3 aromatic heterocycles. The smallest absolute Gasteiger partial charge is 0.416 e. The first kappa shape index (κ1) is 28.7. The van der Waals surface area contributed by atoms with Crippen LogP contribution in [0.5, 0.6) is 11.5 Å². The number of hydrogen-bond acceptors (Lipinski definition) is 9. The second kappa shape index (κ2) is 11.8. The SMILES string of the molecule is COc1ccc(CN2C(=O)COc3ccc(N4C(=O)O[C@@H]5C[C@@H](NCCn6c(=O)ccc7ncc(F)cc76)CC[C@@H]54)nc32)cc1. The van der Waals surface area contributed by atoms with Crippen LogP contribution >= 0.6 is 0 Å². The van der Waals surface area contributed by atoms with Crippen LogP contribution in [0, 0.1) is 5.82 Å². The molecular weight excluding hydrogens is 583 g/mol. The van der Waals surface area contributed by atoms with Gasteiger partial charge in [0.2, 0.25) is 0 Å². The summed E-state index contributed by atoms with van der Waals surface area (Å²) in [5.74, 6) is 1.20. The number of rotatable bonds is 8. The lowest BCUT2D eigenvalue weighted by Crippen LogP contribution is -2.47. The maximum atomic E-state index is 13.8. The van der Waals surface area contributed by atoms with Crippen molar-refractivity contribution in [2.75, 3.05) is 30.1 Å². The van der Waals surface area contributed by atoms with Crippen molar-refractivity contribution < 1.29 is 28.2 Å². The first-order valence-electron chi connectivity index (χ1n) is 14.8. The van der Waals surface area contributed by atoms with Gasteiger partial charge in [-0.15, -0.1) is 0 Å². The molecule has 7 rings (SSSR count). The van der Waals surface area contributed by atoms with Crippen LogP contribution in [-0.2, 0) is 22.6 Å². The van der Waals surface area contributed by atoms with Gasteiger partial charge in [-0.1, -0.05) is 12.1 Å².